The van der Waals surface area contributed by atoms with E-state index in [1.165, 1.54) is 0 Å². The second-order valence-corrected chi connectivity index (χ2v) is 11.7. The van der Waals surface area contributed by atoms with Gasteiger partial charge in [0, 0.05) is 32.3 Å². The second kappa shape index (κ2) is 10.7. The molecule has 0 aliphatic heterocycles. The Kier molecular flexibility index (Phi) is 3.48. The maximum Gasteiger partial charge on any atom is 0.240 e. The van der Waals surface area contributed by atoms with Gasteiger partial charge < -0.3 is 4.42 Å². The average Bonchev–Trinajstić information content (AvgIpc) is 4.02. The van der Waals surface area contributed by atoms with Crippen molar-refractivity contribution in [2.75, 3.05) is 0 Å². The summed E-state index contributed by atoms with van der Waals surface area (Å²) in [4.78, 5) is 14.5. The van der Waals surface area contributed by atoms with E-state index in [1.807, 2.05) is 54.6 Å². The number of nitrogens with zero attached hydrogens (tertiary/aromatic N) is 5. The van der Waals surface area contributed by atoms with E-state index in [1.54, 1.807) is 12.1 Å². The molecule has 0 atom stereocenters. The fourth-order valence-corrected chi connectivity index (χ4v) is 6.70. The third-order valence-corrected chi connectivity index (χ3v) is 8.92. The summed E-state index contributed by atoms with van der Waals surface area (Å²) in [5.41, 5.74) is 1.42. The van der Waals surface area contributed by atoms with Gasteiger partial charge in [0.25, 0.3) is 0 Å². The lowest BCUT2D eigenvalue weighted by atomic mass is 10.0. The molecule has 0 spiro atoms. The van der Waals surface area contributed by atoms with E-state index in [0.717, 1.165) is 25.6 Å². The Balaban J connectivity index is 1.35. The molecule has 238 valence electrons. The summed E-state index contributed by atoms with van der Waals surface area (Å²) >= 11 is 0. The van der Waals surface area contributed by atoms with E-state index in [4.69, 9.17) is 35.8 Å². The van der Waals surface area contributed by atoms with Gasteiger partial charge in [0.05, 0.1) is 49.6 Å². The van der Waals surface area contributed by atoms with Gasteiger partial charge in [0.1, 0.15) is 11.2 Å². The highest BCUT2D eigenvalue weighted by molar-refractivity contribution is 6.11. The highest BCUT2D eigenvalue weighted by Crippen LogP contribution is 2.38. The number of furan rings is 1. The first-order valence-corrected chi connectivity index (χ1v) is 15.7. The molecule has 0 saturated heterocycles. The van der Waals surface area contributed by atoms with E-state index in [9.17, 15) is 5.48 Å². The fourth-order valence-electron chi connectivity index (χ4n) is 6.70. The van der Waals surface area contributed by atoms with Crippen molar-refractivity contribution in [3.05, 3.63) is 163 Å². The van der Waals surface area contributed by atoms with Crippen molar-refractivity contribution < 1.29 is 26.3 Å². The van der Waals surface area contributed by atoms with Gasteiger partial charge in [-0.05, 0) is 53.5 Å². The fraction of sp³-hybridized carbons (Fsp3) is 0. The molecule has 11 rings (SSSR count). The lowest BCUT2D eigenvalue weighted by Gasteiger charge is -2.12. The van der Waals surface area contributed by atoms with Crippen molar-refractivity contribution in [2.24, 2.45) is 0 Å². The van der Waals surface area contributed by atoms with Gasteiger partial charge in [0.15, 0.2) is 5.82 Å². The molecule has 6 heteroatoms. The molecular weight excluding hydrogens is 627 g/mol. The molecular formula is C45H27N5O. The zero-order chi connectivity index (χ0) is 47.4. The monoisotopic (exact) mass is 669 g/mol. The predicted molar refractivity (Wildman–Crippen MR) is 207 cm³/mol. The van der Waals surface area contributed by atoms with Crippen molar-refractivity contribution >= 4 is 65.6 Å². The predicted octanol–water partition coefficient (Wildman–Crippen LogP) is 11.3. The molecule has 51 heavy (non-hydrogen) atoms. The van der Waals surface area contributed by atoms with Gasteiger partial charge in [-0.25, -0.2) is 0 Å². The van der Waals surface area contributed by atoms with E-state index in [-0.39, 0.29) is 60.6 Å². The van der Waals surface area contributed by atoms with Crippen LogP contribution in [0.2, 0.25) is 0 Å². The van der Waals surface area contributed by atoms with Crippen molar-refractivity contribution in [2.45, 2.75) is 0 Å². The minimum atomic E-state index is -0.706. The number of hydrogen-bond acceptors (Lipinski definition) is 4. The molecule has 0 aliphatic carbocycles. The van der Waals surface area contributed by atoms with Crippen LogP contribution in [-0.4, -0.2) is 24.1 Å². The van der Waals surface area contributed by atoms with Crippen molar-refractivity contribution in [1.29, 1.82) is 0 Å². The summed E-state index contributed by atoms with van der Waals surface area (Å²) in [6, 6.07) is 9.88. The summed E-state index contributed by atoms with van der Waals surface area (Å²) in [6.07, 6.45) is 0. The number of benzene rings is 7. The minimum Gasteiger partial charge on any atom is -0.455 e. The number of aromatic nitrogens is 5. The first-order chi connectivity index (χ1) is 31.9. The van der Waals surface area contributed by atoms with E-state index in [0.29, 0.717) is 11.0 Å². The quantitative estimate of drug-likeness (QED) is 0.187. The Morgan fingerprint density at radius 3 is 1.53 bits per heavy atom. The summed E-state index contributed by atoms with van der Waals surface area (Å²) in [6.45, 7) is 0. The van der Waals surface area contributed by atoms with Crippen LogP contribution in [0.1, 0.15) is 21.9 Å². The second-order valence-electron chi connectivity index (χ2n) is 11.7. The topological polar surface area (TPSA) is 61.7 Å². The Morgan fingerprint density at radius 2 is 0.980 bits per heavy atom. The Morgan fingerprint density at radius 1 is 0.451 bits per heavy atom. The largest absolute Gasteiger partial charge is 0.455 e. The molecule has 11 aromatic rings. The van der Waals surface area contributed by atoms with Crippen LogP contribution in [0.25, 0.3) is 100.0 Å². The standard InChI is InChI=1S/C45H27N5O/c1-2-13-28(14-3-1)29-25-26-34-35-19-12-20-36(42(35)51-41(34)27-29)43-46-44(49-37-21-8-4-15-30(37)31-16-5-9-22-38(31)49)48-45(47-43)50-39-23-10-6-17-32(39)33-18-7-11-24-40(33)50/h1-27H/i4D,5D,6D,7D,8D,9D,10D,11D,15D,16D,17D,18D,21D,22D,23D,24D. The van der Waals surface area contributed by atoms with Crippen molar-refractivity contribution in [1.82, 2.24) is 24.1 Å². The third kappa shape index (κ3) is 4.14. The molecule has 4 aromatic heterocycles. The summed E-state index contributed by atoms with van der Waals surface area (Å²) in [5, 5.41) is 0.247. The molecule has 0 unspecified atom stereocenters. The van der Waals surface area contributed by atoms with Crippen LogP contribution < -0.4 is 0 Å². The van der Waals surface area contributed by atoms with Gasteiger partial charge in [-0.2, -0.15) is 15.0 Å². The third-order valence-electron chi connectivity index (χ3n) is 8.92. The molecule has 0 N–H and O–H groups in total. The van der Waals surface area contributed by atoms with E-state index >= 15 is 0 Å². The minimum absolute atomic E-state index is 0.207. The van der Waals surface area contributed by atoms with Gasteiger partial charge >= 0.3 is 0 Å². The molecule has 6 nitrogen and oxygen atoms in total. The maximum absolute atomic E-state index is 9.18. The molecule has 0 bridgehead atoms. The van der Waals surface area contributed by atoms with Crippen LogP contribution in [0.5, 0.6) is 0 Å². The van der Waals surface area contributed by atoms with Crippen LogP contribution in [0, 0.1) is 0 Å². The zero-order valence-corrected chi connectivity index (χ0v) is 26.0. The average molecular weight is 670 g/mol. The van der Waals surface area contributed by atoms with Crippen molar-refractivity contribution in [3.8, 4) is 34.4 Å². The lowest BCUT2D eigenvalue weighted by Crippen LogP contribution is -2.10. The van der Waals surface area contributed by atoms with Crippen LogP contribution in [0.4, 0.5) is 0 Å². The summed E-state index contributed by atoms with van der Waals surface area (Å²) < 4.78 is 150. The first-order valence-electron chi connectivity index (χ1n) is 23.7. The Hall–Kier alpha value is -7.05. The highest BCUT2D eigenvalue weighted by atomic mass is 16.3. The van der Waals surface area contributed by atoms with Crippen LogP contribution in [-0.2, 0) is 0 Å². The molecule has 0 saturated carbocycles. The molecule has 0 fully saturated rings. The number of hydrogen-bond donors (Lipinski definition) is 0. The van der Waals surface area contributed by atoms with E-state index < -0.39 is 109 Å². The van der Waals surface area contributed by atoms with Crippen LogP contribution in [0.3, 0.4) is 0 Å². The van der Waals surface area contributed by atoms with Gasteiger partial charge in [-0.1, -0.05) is 121 Å². The van der Waals surface area contributed by atoms with Crippen LogP contribution >= 0.6 is 0 Å². The SMILES string of the molecule is [2H]c1c([2H])c([2H])c2c(c1[2H])c1c([2H])c([2H])c([2H])c([2H])c1n2-c1nc(-c2cccc3c2oc2cc(-c4ccccc4)ccc23)nc(-n2c3c([2H])c([2H])c([2H])c([2H])c3c3c([2H])c([2H])c([2H])c([2H])c32)n1. The Bertz CT molecular complexity index is 3740. The van der Waals surface area contributed by atoms with E-state index in [2.05, 4.69) is 0 Å². The van der Waals surface area contributed by atoms with Crippen LogP contribution in [0.15, 0.2) is 168 Å². The molecule has 0 radical (unpaired) electrons. The summed E-state index contributed by atoms with van der Waals surface area (Å²) in [7, 11) is 0. The van der Waals surface area contributed by atoms with Crippen molar-refractivity contribution in [3.63, 3.8) is 0 Å². The molecule has 4 heterocycles. The first kappa shape index (κ1) is 16.6. The molecule has 7 aromatic carbocycles. The zero-order valence-electron chi connectivity index (χ0n) is 42.0. The van der Waals surface area contributed by atoms with Gasteiger partial charge in [0.2, 0.25) is 11.9 Å². The normalized spacial score (nSPS) is 16.3. The number of fused-ring (bicyclic) bond motifs is 9. The highest BCUT2D eigenvalue weighted by Gasteiger charge is 2.22. The smallest absolute Gasteiger partial charge is 0.240 e. The number of para-hydroxylation sites is 5. The van der Waals surface area contributed by atoms with Gasteiger partial charge in [-0.15, -0.1) is 0 Å². The lowest BCUT2D eigenvalue weighted by molar-refractivity contribution is 0.669. The Labute approximate surface area is 314 Å². The maximum atomic E-state index is 9.18. The summed E-state index contributed by atoms with van der Waals surface area (Å²) in [5.74, 6) is -1.20. The molecule has 0 amide bonds. The molecule has 0 aliphatic rings. The van der Waals surface area contributed by atoms with Gasteiger partial charge in [-0.3, -0.25) is 9.13 Å². The number of rotatable bonds is 4.